The summed E-state index contributed by atoms with van der Waals surface area (Å²) in [5.41, 5.74) is 0.0753. The number of rotatable bonds is 7. The van der Waals surface area contributed by atoms with Crippen molar-refractivity contribution in [1.29, 1.82) is 0 Å². The zero-order valence-electron chi connectivity index (χ0n) is 18.4. The summed E-state index contributed by atoms with van der Waals surface area (Å²) in [6.45, 7) is 2.28. The molecule has 166 valence electrons. The second kappa shape index (κ2) is 7.64. The van der Waals surface area contributed by atoms with Crippen LogP contribution >= 0.6 is 0 Å². The number of nitrogens with zero attached hydrogens (tertiary/aromatic N) is 1. The van der Waals surface area contributed by atoms with Crippen molar-refractivity contribution in [2.24, 2.45) is 23.2 Å². The van der Waals surface area contributed by atoms with Crippen LogP contribution in [0.5, 0.6) is 0 Å². The van der Waals surface area contributed by atoms with Crippen LogP contribution in [0.25, 0.3) is 0 Å². The SMILES string of the molecule is CCC1(c2ccccc2)NC(=O)N(CC(=O)NCCC23CC4CC(CC(C4)C2)C3)C1=O. The normalized spacial score (nSPS) is 36.0. The number of hydrogen-bond donors (Lipinski definition) is 2. The Hall–Kier alpha value is -2.37. The maximum Gasteiger partial charge on any atom is 0.325 e. The topological polar surface area (TPSA) is 78.5 Å². The van der Waals surface area contributed by atoms with Gasteiger partial charge in [-0.1, -0.05) is 37.3 Å². The lowest BCUT2D eigenvalue weighted by atomic mass is 9.49. The van der Waals surface area contributed by atoms with Crippen molar-refractivity contribution in [1.82, 2.24) is 15.5 Å². The molecule has 6 heteroatoms. The zero-order chi connectivity index (χ0) is 21.6. The Morgan fingerprint density at radius 3 is 2.26 bits per heavy atom. The summed E-state index contributed by atoms with van der Waals surface area (Å²) in [5.74, 6) is 2.09. The Balaban J connectivity index is 1.18. The number of amides is 4. The smallest absolute Gasteiger partial charge is 0.325 e. The minimum atomic E-state index is -1.09. The summed E-state index contributed by atoms with van der Waals surface area (Å²) in [6, 6.07) is 8.78. The van der Waals surface area contributed by atoms with Crippen LogP contribution < -0.4 is 10.6 Å². The van der Waals surface area contributed by atoms with E-state index < -0.39 is 11.6 Å². The lowest BCUT2D eigenvalue weighted by Gasteiger charge is -2.57. The molecule has 4 aliphatic carbocycles. The first-order valence-electron chi connectivity index (χ1n) is 11.9. The predicted molar refractivity (Wildman–Crippen MR) is 117 cm³/mol. The van der Waals surface area contributed by atoms with Crippen LogP contribution in [0.1, 0.15) is 63.9 Å². The standard InChI is InChI=1S/C25H33N3O3/c1-2-25(20-6-4-3-5-7-20)22(30)28(23(31)27-25)16-21(29)26-9-8-24-13-17-10-18(14-24)12-19(11-17)15-24/h3-7,17-19H,2,8-16H2,1H3,(H,26,29)(H,27,31). The monoisotopic (exact) mass is 423 g/mol. The van der Waals surface area contributed by atoms with Gasteiger partial charge in [0, 0.05) is 6.54 Å². The molecule has 1 atom stereocenters. The largest absolute Gasteiger partial charge is 0.355 e. The maximum absolute atomic E-state index is 13.2. The Kier molecular flexibility index (Phi) is 5.06. The number of hydrogen-bond acceptors (Lipinski definition) is 3. The van der Waals surface area contributed by atoms with Gasteiger partial charge in [0.2, 0.25) is 5.91 Å². The van der Waals surface area contributed by atoms with Gasteiger partial charge < -0.3 is 10.6 Å². The molecular formula is C25H33N3O3. The molecule has 6 rings (SSSR count). The summed E-state index contributed by atoms with van der Waals surface area (Å²) in [4.78, 5) is 39.4. The Labute approximate surface area is 184 Å². The molecule has 1 unspecified atom stereocenters. The van der Waals surface area contributed by atoms with Crippen molar-refractivity contribution in [2.75, 3.05) is 13.1 Å². The van der Waals surface area contributed by atoms with Gasteiger partial charge in [0.25, 0.3) is 5.91 Å². The van der Waals surface area contributed by atoms with Crippen molar-refractivity contribution in [3.63, 3.8) is 0 Å². The first-order valence-corrected chi connectivity index (χ1v) is 11.9. The predicted octanol–water partition coefficient (Wildman–Crippen LogP) is 3.57. The van der Waals surface area contributed by atoms with Crippen LogP contribution in [-0.2, 0) is 15.1 Å². The fourth-order valence-electron chi connectivity index (χ4n) is 7.39. The molecule has 1 aromatic carbocycles. The van der Waals surface area contributed by atoms with Crippen LogP contribution in [-0.4, -0.2) is 35.8 Å². The first-order chi connectivity index (χ1) is 14.9. The van der Waals surface area contributed by atoms with Gasteiger partial charge in [-0.25, -0.2) is 4.79 Å². The van der Waals surface area contributed by atoms with E-state index in [4.69, 9.17) is 0 Å². The second-order valence-corrected chi connectivity index (χ2v) is 10.5. The highest BCUT2D eigenvalue weighted by molar-refractivity contribution is 6.09. The summed E-state index contributed by atoms with van der Waals surface area (Å²) in [5, 5.41) is 5.84. The van der Waals surface area contributed by atoms with Gasteiger partial charge in [-0.2, -0.15) is 0 Å². The molecule has 0 radical (unpaired) electrons. The second-order valence-electron chi connectivity index (χ2n) is 10.5. The average Bonchev–Trinajstić information content (AvgIpc) is 2.98. The molecule has 1 saturated heterocycles. The van der Waals surface area contributed by atoms with Gasteiger partial charge in [-0.05, 0) is 80.1 Å². The molecule has 2 N–H and O–H groups in total. The van der Waals surface area contributed by atoms with Crippen molar-refractivity contribution in [2.45, 2.75) is 63.8 Å². The molecule has 31 heavy (non-hydrogen) atoms. The number of urea groups is 1. The van der Waals surface area contributed by atoms with Gasteiger partial charge in [-0.15, -0.1) is 0 Å². The molecule has 5 fully saturated rings. The van der Waals surface area contributed by atoms with Gasteiger partial charge >= 0.3 is 6.03 Å². The van der Waals surface area contributed by atoms with E-state index in [9.17, 15) is 14.4 Å². The van der Waals surface area contributed by atoms with Crippen LogP contribution in [0.2, 0.25) is 0 Å². The summed E-state index contributed by atoms with van der Waals surface area (Å²) >= 11 is 0. The van der Waals surface area contributed by atoms with Gasteiger partial charge in [0.05, 0.1) is 0 Å². The highest BCUT2D eigenvalue weighted by atomic mass is 16.2. The highest BCUT2D eigenvalue weighted by Gasteiger charge is 2.52. The molecule has 4 bridgehead atoms. The molecule has 1 heterocycles. The third-order valence-electron chi connectivity index (χ3n) is 8.42. The van der Waals surface area contributed by atoms with Gasteiger partial charge in [0.1, 0.15) is 12.1 Å². The molecular weight excluding hydrogens is 390 g/mol. The van der Waals surface area contributed by atoms with E-state index in [1.54, 1.807) is 0 Å². The fourth-order valence-corrected chi connectivity index (χ4v) is 7.39. The minimum Gasteiger partial charge on any atom is -0.355 e. The molecule has 4 saturated carbocycles. The molecule has 0 spiro atoms. The Bertz CT molecular complexity index is 848. The summed E-state index contributed by atoms with van der Waals surface area (Å²) in [7, 11) is 0. The van der Waals surface area contributed by atoms with Gasteiger partial charge in [-0.3, -0.25) is 14.5 Å². The maximum atomic E-state index is 13.2. The molecule has 5 aliphatic rings. The molecule has 6 nitrogen and oxygen atoms in total. The quantitative estimate of drug-likeness (QED) is 0.658. The zero-order valence-corrected chi connectivity index (χ0v) is 18.4. The first kappa shape index (κ1) is 20.5. The lowest BCUT2D eigenvalue weighted by Crippen LogP contribution is -2.48. The van der Waals surface area contributed by atoms with Crippen molar-refractivity contribution < 1.29 is 14.4 Å². The number of benzene rings is 1. The van der Waals surface area contributed by atoms with Crippen LogP contribution in [0, 0.1) is 23.2 Å². The Morgan fingerprint density at radius 1 is 1.06 bits per heavy atom. The average molecular weight is 424 g/mol. The fraction of sp³-hybridized carbons (Fsp3) is 0.640. The number of carbonyl (C=O) groups is 3. The summed E-state index contributed by atoms with van der Waals surface area (Å²) in [6.07, 6.45) is 9.65. The van der Waals surface area contributed by atoms with Crippen molar-refractivity contribution in [3.8, 4) is 0 Å². The van der Waals surface area contributed by atoms with E-state index in [1.165, 1.54) is 38.5 Å². The number of carbonyl (C=O) groups excluding carboxylic acids is 3. The number of imide groups is 1. The third kappa shape index (κ3) is 3.54. The highest BCUT2D eigenvalue weighted by Crippen LogP contribution is 2.61. The van der Waals surface area contributed by atoms with E-state index >= 15 is 0 Å². The third-order valence-corrected chi connectivity index (χ3v) is 8.42. The van der Waals surface area contributed by atoms with E-state index in [2.05, 4.69) is 10.6 Å². The van der Waals surface area contributed by atoms with Gasteiger partial charge in [0.15, 0.2) is 0 Å². The van der Waals surface area contributed by atoms with Crippen LogP contribution in [0.3, 0.4) is 0 Å². The Morgan fingerprint density at radius 2 is 1.68 bits per heavy atom. The molecule has 1 aromatic rings. The molecule has 4 amide bonds. The molecule has 1 aliphatic heterocycles. The summed E-state index contributed by atoms with van der Waals surface area (Å²) < 4.78 is 0. The lowest BCUT2D eigenvalue weighted by molar-refractivity contribution is -0.135. The van der Waals surface area contributed by atoms with E-state index in [1.807, 2.05) is 37.3 Å². The molecule has 0 aromatic heterocycles. The van der Waals surface area contributed by atoms with E-state index in [0.717, 1.165) is 34.6 Å². The van der Waals surface area contributed by atoms with Crippen molar-refractivity contribution >= 4 is 17.8 Å². The van der Waals surface area contributed by atoms with Crippen LogP contribution in [0.15, 0.2) is 30.3 Å². The van der Waals surface area contributed by atoms with E-state index in [-0.39, 0.29) is 18.4 Å². The minimum absolute atomic E-state index is 0.222. The van der Waals surface area contributed by atoms with Crippen molar-refractivity contribution in [3.05, 3.63) is 35.9 Å². The number of nitrogens with one attached hydrogen (secondary N) is 2. The van der Waals surface area contributed by atoms with Crippen LogP contribution in [0.4, 0.5) is 4.79 Å². The van der Waals surface area contributed by atoms with E-state index in [0.29, 0.717) is 18.4 Å².